The minimum absolute atomic E-state index is 0.978. The number of hydrogen-bond donors (Lipinski definition) is 0. The van der Waals surface area contributed by atoms with Gasteiger partial charge < -0.3 is 4.90 Å². The summed E-state index contributed by atoms with van der Waals surface area (Å²) in [4.78, 5) is 14.4. The molecule has 0 amide bonds. The molecule has 0 spiro atoms. The van der Waals surface area contributed by atoms with Crippen molar-refractivity contribution in [1.29, 1.82) is 0 Å². The molecule has 22 heavy (non-hydrogen) atoms. The quantitative estimate of drug-likeness (QED) is 0.738. The third kappa shape index (κ3) is 2.69. The maximum atomic E-state index is 4.64. The van der Waals surface area contributed by atoms with Gasteiger partial charge >= 0.3 is 0 Å². The van der Waals surface area contributed by atoms with Gasteiger partial charge in [-0.05, 0) is 24.6 Å². The highest BCUT2D eigenvalue weighted by Gasteiger charge is 2.20. The molecule has 0 aromatic carbocycles. The van der Waals surface area contributed by atoms with E-state index in [-0.39, 0.29) is 0 Å². The van der Waals surface area contributed by atoms with Crippen LogP contribution >= 0.6 is 11.3 Å². The smallest absolute Gasteiger partial charge is 0.214 e. The van der Waals surface area contributed by atoms with E-state index >= 15 is 0 Å². The highest BCUT2D eigenvalue weighted by molar-refractivity contribution is 7.20. The van der Waals surface area contributed by atoms with E-state index in [1.165, 1.54) is 5.56 Å². The molecule has 0 saturated carbocycles. The second kappa shape index (κ2) is 5.66. The number of imidazole rings is 1. The van der Waals surface area contributed by atoms with E-state index in [1.807, 2.05) is 30.0 Å². The largest absolute Gasteiger partial charge is 0.344 e. The predicted molar refractivity (Wildman–Crippen MR) is 87.3 cm³/mol. The molecule has 6 nitrogen and oxygen atoms in total. The first-order valence-electron chi connectivity index (χ1n) is 7.47. The van der Waals surface area contributed by atoms with Crippen LogP contribution in [0.4, 0.5) is 5.13 Å². The molecule has 0 N–H and O–H groups in total. The van der Waals surface area contributed by atoms with Gasteiger partial charge in [0.15, 0.2) is 0 Å². The third-order valence-electron chi connectivity index (χ3n) is 3.95. The number of pyridine rings is 1. The Labute approximate surface area is 133 Å². The molecule has 0 atom stereocenters. The Bertz CT molecular complexity index is 725. The zero-order valence-electron chi connectivity index (χ0n) is 12.5. The van der Waals surface area contributed by atoms with E-state index in [0.717, 1.165) is 48.5 Å². The molecule has 0 aliphatic carbocycles. The van der Waals surface area contributed by atoms with Crippen molar-refractivity contribution < 1.29 is 0 Å². The van der Waals surface area contributed by atoms with Crippen molar-refractivity contribution in [3.8, 4) is 0 Å². The van der Waals surface area contributed by atoms with Gasteiger partial charge in [-0.3, -0.25) is 9.88 Å². The zero-order chi connectivity index (χ0) is 14.9. The van der Waals surface area contributed by atoms with Crippen molar-refractivity contribution in [1.82, 2.24) is 24.5 Å². The van der Waals surface area contributed by atoms with Crippen molar-refractivity contribution >= 4 is 21.4 Å². The topological polar surface area (TPSA) is 49.6 Å². The number of anilines is 1. The molecule has 114 valence electrons. The van der Waals surface area contributed by atoms with Crippen molar-refractivity contribution in [2.45, 2.75) is 13.5 Å². The van der Waals surface area contributed by atoms with Gasteiger partial charge in [0.1, 0.15) is 0 Å². The van der Waals surface area contributed by atoms with Gasteiger partial charge in [0.2, 0.25) is 10.1 Å². The maximum absolute atomic E-state index is 4.64. The lowest BCUT2D eigenvalue weighted by Gasteiger charge is -2.34. The van der Waals surface area contributed by atoms with Crippen LogP contribution in [0.15, 0.2) is 30.7 Å². The van der Waals surface area contributed by atoms with E-state index in [9.17, 15) is 0 Å². The molecule has 4 heterocycles. The van der Waals surface area contributed by atoms with E-state index in [1.54, 1.807) is 11.3 Å². The van der Waals surface area contributed by atoms with Gasteiger partial charge in [0, 0.05) is 45.1 Å². The molecular weight excluding hydrogens is 296 g/mol. The summed E-state index contributed by atoms with van der Waals surface area (Å²) in [6, 6.07) is 4.18. The average molecular weight is 314 g/mol. The van der Waals surface area contributed by atoms with Gasteiger partial charge in [-0.25, -0.2) is 9.50 Å². The number of aromatic nitrogens is 4. The van der Waals surface area contributed by atoms with E-state index in [0.29, 0.717) is 0 Å². The number of fused-ring (bicyclic) bond motifs is 1. The Kier molecular flexibility index (Phi) is 3.51. The van der Waals surface area contributed by atoms with E-state index in [4.69, 9.17) is 0 Å². The summed E-state index contributed by atoms with van der Waals surface area (Å²) in [5.74, 6) is 0. The minimum Gasteiger partial charge on any atom is -0.344 e. The molecule has 3 aromatic heterocycles. The first kappa shape index (κ1) is 13.7. The summed E-state index contributed by atoms with van der Waals surface area (Å²) < 4.78 is 1.89. The number of nitrogens with zero attached hydrogens (tertiary/aromatic N) is 6. The molecule has 0 radical (unpaired) electrons. The van der Waals surface area contributed by atoms with Crippen LogP contribution in [0, 0.1) is 6.92 Å². The monoisotopic (exact) mass is 314 g/mol. The van der Waals surface area contributed by atoms with Crippen molar-refractivity contribution in [3.63, 3.8) is 0 Å². The second-order valence-electron chi connectivity index (χ2n) is 5.61. The lowest BCUT2D eigenvalue weighted by atomic mass is 10.2. The fourth-order valence-corrected chi connectivity index (χ4v) is 3.75. The Morgan fingerprint density at radius 3 is 2.64 bits per heavy atom. The first-order chi connectivity index (χ1) is 10.8. The Morgan fingerprint density at radius 2 is 1.91 bits per heavy atom. The minimum atomic E-state index is 0.978. The van der Waals surface area contributed by atoms with Gasteiger partial charge in [-0.2, -0.15) is 0 Å². The van der Waals surface area contributed by atoms with Gasteiger partial charge in [-0.1, -0.05) is 11.3 Å². The highest BCUT2D eigenvalue weighted by atomic mass is 32.1. The van der Waals surface area contributed by atoms with Crippen LogP contribution in [0.1, 0.15) is 11.3 Å². The van der Waals surface area contributed by atoms with Crippen LogP contribution in [-0.2, 0) is 6.54 Å². The predicted octanol–water partition coefficient (Wildman–Crippen LogP) is 1.82. The Hall–Kier alpha value is -1.99. The summed E-state index contributed by atoms with van der Waals surface area (Å²) in [6.07, 6.45) is 5.70. The van der Waals surface area contributed by atoms with Crippen molar-refractivity contribution in [2.75, 3.05) is 31.1 Å². The molecule has 4 rings (SSSR count). The van der Waals surface area contributed by atoms with Crippen LogP contribution in [0.5, 0.6) is 0 Å². The zero-order valence-corrected chi connectivity index (χ0v) is 13.3. The van der Waals surface area contributed by atoms with Gasteiger partial charge in [0.05, 0.1) is 11.9 Å². The van der Waals surface area contributed by atoms with Gasteiger partial charge in [-0.15, -0.1) is 5.10 Å². The van der Waals surface area contributed by atoms with Gasteiger partial charge in [0.25, 0.3) is 0 Å². The number of rotatable bonds is 3. The van der Waals surface area contributed by atoms with E-state index < -0.39 is 0 Å². The molecule has 0 bridgehead atoms. The van der Waals surface area contributed by atoms with E-state index in [2.05, 4.69) is 37.0 Å². The lowest BCUT2D eigenvalue weighted by molar-refractivity contribution is 0.249. The van der Waals surface area contributed by atoms with Crippen molar-refractivity contribution in [2.24, 2.45) is 0 Å². The highest BCUT2D eigenvalue weighted by Crippen LogP contribution is 2.24. The van der Waals surface area contributed by atoms with Crippen LogP contribution in [0.2, 0.25) is 0 Å². The summed E-state index contributed by atoms with van der Waals surface area (Å²) in [7, 11) is 0. The third-order valence-corrected chi connectivity index (χ3v) is 4.93. The lowest BCUT2D eigenvalue weighted by Crippen LogP contribution is -2.46. The molecular formula is C15H18N6S. The number of hydrogen-bond acceptors (Lipinski definition) is 6. The SMILES string of the molecule is Cc1cn2nc(N3CCN(Cc4ccncc4)CC3)sc2n1. The normalized spacial score (nSPS) is 16.5. The van der Waals surface area contributed by atoms with Crippen molar-refractivity contribution in [3.05, 3.63) is 42.0 Å². The summed E-state index contributed by atoms with van der Waals surface area (Å²) in [5.41, 5.74) is 2.35. The Morgan fingerprint density at radius 1 is 1.14 bits per heavy atom. The van der Waals surface area contributed by atoms with Crippen LogP contribution < -0.4 is 4.90 Å². The molecule has 3 aromatic rings. The molecule has 1 fully saturated rings. The van der Waals surface area contributed by atoms with Crippen LogP contribution in [0.3, 0.4) is 0 Å². The number of piperazine rings is 1. The first-order valence-corrected chi connectivity index (χ1v) is 8.28. The number of aryl methyl sites for hydroxylation is 1. The Balaban J connectivity index is 1.39. The average Bonchev–Trinajstić information content (AvgIpc) is 3.06. The summed E-state index contributed by atoms with van der Waals surface area (Å²) in [6.45, 7) is 7.14. The molecule has 1 aliphatic rings. The van der Waals surface area contributed by atoms with Crippen LogP contribution in [0.25, 0.3) is 4.96 Å². The maximum Gasteiger partial charge on any atom is 0.214 e. The summed E-state index contributed by atoms with van der Waals surface area (Å²) in [5, 5.41) is 5.71. The fraction of sp³-hybridized carbons (Fsp3) is 0.400. The second-order valence-corrected chi connectivity index (χ2v) is 6.55. The molecule has 1 saturated heterocycles. The van der Waals surface area contributed by atoms with Crippen LogP contribution in [-0.4, -0.2) is 50.7 Å². The molecule has 0 unspecified atom stereocenters. The fourth-order valence-electron chi connectivity index (χ4n) is 2.77. The summed E-state index contributed by atoms with van der Waals surface area (Å²) >= 11 is 1.67. The molecule has 7 heteroatoms. The standard InChI is InChI=1S/C15H18N6S/c1-12-10-21-14(17-12)22-15(18-21)20-8-6-19(7-9-20)11-13-2-4-16-5-3-13/h2-5,10H,6-9,11H2,1H3. The molecule has 1 aliphatic heterocycles.